The molecule has 1 atom stereocenters. The maximum absolute atomic E-state index is 12.5. The molecule has 1 fully saturated rings. The minimum Gasteiger partial charge on any atom is -0.457 e. The Morgan fingerprint density at radius 1 is 1.08 bits per heavy atom. The molecule has 0 bridgehead atoms. The van der Waals surface area contributed by atoms with Crippen LogP contribution in [-0.4, -0.2) is 25.4 Å². The van der Waals surface area contributed by atoms with E-state index >= 15 is 0 Å². The summed E-state index contributed by atoms with van der Waals surface area (Å²) in [4.78, 5) is 25.4. The van der Waals surface area contributed by atoms with Crippen LogP contribution >= 0.6 is 0 Å². The van der Waals surface area contributed by atoms with Crippen molar-refractivity contribution in [2.45, 2.75) is 12.8 Å². The largest absolute Gasteiger partial charge is 0.457 e. The first kappa shape index (κ1) is 16.1. The van der Waals surface area contributed by atoms with Gasteiger partial charge in [0.05, 0.1) is 5.92 Å². The van der Waals surface area contributed by atoms with Gasteiger partial charge in [-0.1, -0.05) is 18.2 Å². The molecule has 1 saturated heterocycles. The molecule has 3 rings (SSSR count). The molecule has 5 heteroatoms. The van der Waals surface area contributed by atoms with Gasteiger partial charge in [-0.2, -0.15) is 0 Å². The van der Waals surface area contributed by atoms with Gasteiger partial charge in [-0.25, -0.2) is 0 Å². The molecule has 124 valence electrons. The van der Waals surface area contributed by atoms with Gasteiger partial charge in [0.1, 0.15) is 11.5 Å². The van der Waals surface area contributed by atoms with E-state index < -0.39 is 0 Å². The average molecular weight is 324 g/mol. The van der Waals surface area contributed by atoms with Gasteiger partial charge in [0.2, 0.25) is 11.8 Å². The van der Waals surface area contributed by atoms with Gasteiger partial charge < -0.3 is 15.0 Å². The van der Waals surface area contributed by atoms with Crippen LogP contribution in [0.4, 0.5) is 5.69 Å². The number of para-hydroxylation sites is 1. The minimum absolute atomic E-state index is 0.0177. The second-order valence-electron chi connectivity index (χ2n) is 5.85. The molecule has 1 aliphatic rings. The highest BCUT2D eigenvalue weighted by Crippen LogP contribution is 2.25. The number of carbonyl (C=O) groups is 2. The zero-order chi connectivity index (χ0) is 16.9. The summed E-state index contributed by atoms with van der Waals surface area (Å²) in [5, 5.41) is 2.75. The molecule has 1 aliphatic heterocycles. The van der Waals surface area contributed by atoms with E-state index in [4.69, 9.17) is 4.74 Å². The van der Waals surface area contributed by atoms with Gasteiger partial charge in [-0.15, -0.1) is 0 Å². The fourth-order valence-corrected chi connectivity index (χ4v) is 2.71. The molecule has 0 aliphatic carbocycles. The Hall–Kier alpha value is -2.82. The number of benzene rings is 2. The normalized spacial score (nSPS) is 17.0. The Kier molecular flexibility index (Phi) is 4.79. The number of carbonyl (C=O) groups excluding carboxylic acids is 2. The number of anilines is 1. The standard InChI is InChI=1S/C19H20N2O3/c1-21(19(23)14-7-12-18(22)20-13-14)15-8-10-17(11-9-15)24-16-5-3-2-4-6-16/h2-6,8-11,14H,7,12-13H2,1H3,(H,20,22)/t14-/m1/s1. The third kappa shape index (κ3) is 3.74. The minimum atomic E-state index is -0.159. The van der Waals surface area contributed by atoms with Crippen LogP contribution in [0.2, 0.25) is 0 Å². The number of ether oxygens (including phenoxy) is 1. The van der Waals surface area contributed by atoms with Crippen molar-refractivity contribution in [1.29, 1.82) is 0 Å². The second kappa shape index (κ2) is 7.17. The number of nitrogens with one attached hydrogen (secondary N) is 1. The topological polar surface area (TPSA) is 58.6 Å². The van der Waals surface area contributed by atoms with E-state index in [1.54, 1.807) is 11.9 Å². The van der Waals surface area contributed by atoms with E-state index in [9.17, 15) is 9.59 Å². The van der Waals surface area contributed by atoms with E-state index in [-0.39, 0.29) is 17.7 Å². The SMILES string of the molecule is CN(C(=O)[C@@H]1CCC(=O)NC1)c1ccc(Oc2ccccc2)cc1. The van der Waals surface area contributed by atoms with Crippen molar-refractivity contribution in [3.63, 3.8) is 0 Å². The lowest BCUT2D eigenvalue weighted by molar-refractivity contribution is -0.127. The summed E-state index contributed by atoms with van der Waals surface area (Å²) in [7, 11) is 1.76. The molecule has 0 unspecified atom stereocenters. The molecular weight excluding hydrogens is 304 g/mol. The maximum atomic E-state index is 12.5. The fraction of sp³-hybridized carbons (Fsp3) is 0.263. The number of nitrogens with zero attached hydrogens (tertiary/aromatic N) is 1. The summed E-state index contributed by atoms with van der Waals surface area (Å²) in [5.41, 5.74) is 0.803. The van der Waals surface area contributed by atoms with Crippen LogP contribution in [0.5, 0.6) is 11.5 Å². The van der Waals surface area contributed by atoms with Crippen LogP contribution in [0.15, 0.2) is 54.6 Å². The number of amides is 2. The first-order valence-corrected chi connectivity index (χ1v) is 8.01. The van der Waals surface area contributed by atoms with E-state index in [1.165, 1.54) is 0 Å². The fourth-order valence-electron chi connectivity index (χ4n) is 2.71. The highest BCUT2D eigenvalue weighted by atomic mass is 16.5. The lowest BCUT2D eigenvalue weighted by Crippen LogP contribution is -2.43. The smallest absolute Gasteiger partial charge is 0.231 e. The van der Waals surface area contributed by atoms with Gasteiger partial charge in [-0.3, -0.25) is 9.59 Å². The summed E-state index contributed by atoms with van der Waals surface area (Å²) >= 11 is 0. The molecule has 0 saturated carbocycles. The molecule has 0 spiro atoms. The summed E-state index contributed by atoms with van der Waals surface area (Å²) < 4.78 is 5.75. The Balaban J connectivity index is 1.64. The van der Waals surface area contributed by atoms with Gasteiger partial charge in [-0.05, 0) is 42.8 Å². The van der Waals surface area contributed by atoms with Crippen LogP contribution in [0, 0.1) is 5.92 Å². The molecule has 0 aromatic heterocycles. The first-order chi connectivity index (χ1) is 11.6. The molecule has 1 N–H and O–H groups in total. The van der Waals surface area contributed by atoms with E-state index in [2.05, 4.69) is 5.32 Å². The van der Waals surface area contributed by atoms with Crippen LogP contribution in [0.25, 0.3) is 0 Å². The zero-order valence-electron chi connectivity index (χ0n) is 13.6. The van der Waals surface area contributed by atoms with Gasteiger partial charge >= 0.3 is 0 Å². The van der Waals surface area contributed by atoms with E-state index in [0.717, 1.165) is 17.2 Å². The molecule has 1 heterocycles. The summed E-state index contributed by atoms with van der Waals surface area (Å²) in [5.74, 6) is 1.37. The Bertz CT molecular complexity index is 703. The van der Waals surface area contributed by atoms with Gasteiger partial charge in [0.25, 0.3) is 0 Å². The molecule has 2 aromatic carbocycles. The van der Waals surface area contributed by atoms with Gasteiger partial charge in [0.15, 0.2) is 0 Å². The van der Waals surface area contributed by atoms with Crippen molar-refractivity contribution in [1.82, 2.24) is 5.32 Å². The lowest BCUT2D eigenvalue weighted by Gasteiger charge is -2.26. The number of piperidine rings is 1. The number of hydrogen-bond acceptors (Lipinski definition) is 3. The van der Waals surface area contributed by atoms with Crippen molar-refractivity contribution in [2.24, 2.45) is 5.92 Å². The van der Waals surface area contributed by atoms with Crippen LogP contribution in [0.3, 0.4) is 0 Å². The first-order valence-electron chi connectivity index (χ1n) is 8.01. The molecule has 5 nitrogen and oxygen atoms in total. The number of rotatable bonds is 4. The van der Waals surface area contributed by atoms with Crippen molar-refractivity contribution >= 4 is 17.5 Å². The lowest BCUT2D eigenvalue weighted by atomic mass is 9.97. The van der Waals surface area contributed by atoms with Crippen molar-refractivity contribution in [2.75, 3.05) is 18.5 Å². The molecule has 2 amide bonds. The molecule has 0 radical (unpaired) electrons. The van der Waals surface area contributed by atoms with Crippen molar-refractivity contribution < 1.29 is 14.3 Å². The zero-order valence-corrected chi connectivity index (χ0v) is 13.6. The molecule has 24 heavy (non-hydrogen) atoms. The van der Waals surface area contributed by atoms with Crippen LogP contribution in [-0.2, 0) is 9.59 Å². The summed E-state index contributed by atoms with van der Waals surface area (Å²) in [6.45, 7) is 0.414. The highest BCUT2D eigenvalue weighted by Gasteiger charge is 2.27. The summed E-state index contributed by atoms with van der Waals surface area (Å²) in [6.07, 6.45) is 1.01. The van der Waals surface area contributed by atoms with Gasteiger partial charge in [0, 0.05) is 25.7 Å². The van der Waals surface area contributed by atoms with Crippen LogP contribution < -0.4 is 15.0 Å². The van der Waals surface area contributed by atoms with Crippen molar-refractivity contribution in [3.8, 4) is 11.5 Å². The number of hydrogen-bond donors (Lipinski definition) is 1. The molecule has 2 aromatic rings. The second-order valence-corrected chi connectivity index (χ2v) is 5.85. The monoisotopic (exact) mass is 324 g/mol. The van der Waals surface area contributed by atoms with E-state index in [0.29, 0.717) is 19.4 Å². The Morgan fingerprint density at radius 3 is 2.38 bits per heavy atom. The van der Waals surface area contributed by atoms with E-state index in [1.807, 2.05) is 54.6 Å². The van der Waals surface area contributed by atoms with Crippen LogP contribution in [0.1, 0.15) is 12.8 Å². The average Bonchev–Trinajstić information content (AvgIpc) is 2.63. The molecular formula is C19H20N2O3. The van der Waals surface area contributed by atoms with Crippen molar-refractivity contribution in [3.05, 3.63) is 54.6 Å². The quantitative estimate of drug-likeness (QED) is 0.940. The maximum Gasteiger partial charge on any atom is 0.231 e. The third-order valence-electron chi connectivity index (χ3n) is 4.15. The predicted molar refractivity (Wildman–Crippen MR) is 92.1 cm³/mol. The summed E-state index contributed by atoms with van der Waals surface area (Å²) in [6, 6.07) is 16.9. The third-order valence-corrected chi connectivity index (χ3v) is 4.15. The predicted octanol–water partition coefficient (Wildman–Crippen LogP) is 2.97. The Labute approximate surface area is 141 Å². The Morgan fingerprint density at radius 2 is 1.75 bits per heavy atom. The highest BCUT2D eigenvalue weighted by molar-refractivity contribution is 5.95.